The lowest BCUT2D eigenvalue weighted by molar-refractivity contribution is -0.136. The first-order valence-electron chi connectivity index (χ1n) is 9.13. The number of unbranched alkanes of at least 4 members (excludes halogenated alkanes) is 8. The van der Waals surface area contributed by atoms with E-state index in [-0.39, 0.29) is 12.8 Å². The largest absolute Gasteiger partial charge is 0.389 e. The van der Waals surface area contributed by atoms with Crippen LogP contribution in [0.25, 0.3) is 0 Å². The van der Waals surface area contributed by atoms with Gasteiger partial charge in [0.05, 0.1) is 0 Å². The molecule has 0 aliphatic rings. The zero-order valence-corrected chi connectivity index (χ0v) is 15.8. The SMILES string of the molecule is N[Si](N)(CCCCCCCC(F)(F)F)CCCCCCCC(F)(F)F. The average Bonchev–Trinajstić information content (AvgIpc) is 2.42. The summed E-state index contributed by atoms with van der Waals surface area (Å²) in [7, 11) is -2.26. The molecular weight excluding hydrogens is 362 g/mol. The molecule has 0 rings (SSSR count). The van der Waals surface area contributed by atoms with Gasteiger partial charge in [0.1, 0.15) is 0 Å². The Morgan fingerprint density at radius 1 is 0.480 bits per heavy atom. The van der Waals surface area contributed by atoms with Gasteiger partial charge in [-0.15, -0.1) is 0 Å². The summed E-state index contributed by atoms with van der Waals surface area (Å²) in [5.41, 5.74) is 0. The Kier molecular flexibility index (Phi) is 12.0. The molecule has 0 amide bonds. The predicted octanol–water partition coefficient (Wildman–Crippen LogP) is 6.15. The van der Waals surface area contributed by atoms with E-state index in [1.165, 1.54) is 0 Å². The van der Waals surface area contributed by atoms with Gasteiger partial charge in [0, 0.05) is 12.8 Å². The molecule has 0 bridgehead atoms. The molecule has 0 aromatic carbocycles. The number of rotatable bonds is 14. The minimum Gasteiger partial charge on any atom is -0.339 e. The maximum Gasteiger partial charge on any atom is 0.389 e. The molecular formula is C16H32F6N2Si. The molecule has 0 aliphatic carbocycles. The van der Waals surface area contributed by atoms with Crippen LogP contribution >= 0.6 is 0 Å². The molecule has 0 atom stereocenters. The smallest absolute Gasteiger partial charge is 0.339 e. The summed E-state index contributed by atoms with van der Waals surface area (Å²) in [6.07, 6.45) is -3.18. The van der Waals surface area contributed by atoms with Crippen molar-refractivity contribution in [1.82, 2.24) is 0 Å². The summed E-state index contributed by atoms with van der Waals surface area (Å²) in [6, 6.07) is 1.50. The summed E-state index contributed by atoms with van der Waals surface area (Å²) in [6.45, 7) is 0. The van der Waals surface area contributed by atoms with Crippen LogP contribution in [0.15, 0.2) is 0 Å². The molecule has 0 aromatic heterocycles. The second-order valence-electron chi connectivity index (χ2n) is 7.00. The minimum absolute atomic E-state index is 0.172. The van der Waals surface area contributed by atoms with Crippen molar-refractivity contribution in [3.63, 3.8) is 0 Å². The quantitative estimate of drug-likeness (QED) is 0.211. The third-order valence-electron chi connectivity index (χ3n) is 4.20. The second-order valence-corrected chi connectivity index (χ2v) is 10.5. The van der Waals surface area contributed by atoms with Gasteiger partial charge >= 0.3 is 12.4 Å². The highest BCUT2D eigenvalue weighted by Crippen LogP contribution is 2.24. The van der Waals surface area contributed by atoms with Gasteiger partial charge in [-0.05, 0) is 24.9 Å². The summed E-state index contributed by atoms with van der Waals surface area (Å²) < 4.78 is 71.9. The number of alkyl halides is 6. The van der Waals surface area contributed by atoms with Crippen molar-refractivity contribution >= 4 is 8.40 Å². The Morgan fingerprint density at radius 3 is 1.08 bits per heavy atom. The Morgan fingerprint density at radius 2 is 0.760 bits per heavy atom. The van der Waals surface area contributed by atoms with Crippen molar-refractivity contribution in [2.45, 2.75) is 101 Å². The van der Waals surface area contributed by atoms with Crippen LogP contribution in [0, 0.1) is 0 Å². The van der Waals surface area contributed by atoms with Crippen molar-refractivity contribution in [3.8, 4) is 0 Å². The van der Waals surface area contributed by atoms with Crippen molar-refractivity contribution in [2.75, 3.05) is 0 Å². The molecule has 0 fully saturated rings. The van der Waals surface area contributed by atoms with Gasteiger partial charge in [-0.1, -0.05) is 51.4 Å². The summed E-state index contributed by atoms with van der Waals surface area (Å²) in [4.78, 5) is 0. The highest BCUT2D eigenvalue weighted by molar-refractivity contribution is 6.73. The third-order valence-corrected chi connectivity index (χ3v) is 6.77. The number of nitrogens with two attached hydrogens (primary N) is 2. The molecule has 0 saturated heterocycles. The van der Waals surface area contributed by atoms with E-state index >= 15 is 0 Å². The van der Waals surface area contributed by atoms with E-state index in [1.54, 1.807) is 0 Å². The normalized spacial score (nSPS) is 13.4. The maximum absolute atomic E-state index is 12.0. The zero-order chi connectivity index (χ0) is 19.4. The number of hydrogen-bond donors (Lipinski definition) is 2. The van der Waals surface area contributed by atoms with Crippen LogP contribution in [0.2, 0.25) is 12.1 Å². The summed E-state index contributed by atoms with van der Waals surface area (Å²) in [5.74, 6) is 0. The van der Waals surface area contributed by atoms with Crippen molar-refractivity contribution < 1.29 is 26.3 Å². The highest BCUT2D eigenvalue weighted by Gasteiger charge is 2.26. The molecule has 9 heteroatoms. The molecule has 0 aliphatic heterocycles. The summed E-state index contributed by atoms with van der Waals surface area (Å²) in [5, 5.41) is 12.3. The Balaban J connectivity index is 3.49. The van der Waals surface area contributed by atoms with Gasteiger partial charge in [0.2, 0.25) is 0 Å². The van der Waals surface area contributed by atoms with E-state index in [4.69, 9.17) is 10.8 Å². The van der Waals surface area contributed by atoms with Gasteiger partial charge in [0.15, 0.2) is 8.40 Å². The van der Waals surface area contributed by atoms with Gasteiger partial charge in [0.25, 0.3) is 0 Å². The molecule has 0 heterocycles. The first-order valence-corrected chi connectivity index (χ1v) is 11.7. The fourth-order valence-corrected chi connectivity index (χ4v) is 4.81. The monoisotopic (exact) mass is 394 g/mol. The van der Waals surface area contributed by atoms with Gasteiger partial charge in [-0.2, -0.15) is 26.3 Å². The van der Waals surface area contributed by atoms with Crippen LogP contribution in [0.3, 0.4) is 0 Å². The molecule has 0 unspecified atom stereocenters. The Bertz CT molecular complexity index is 302. The van der Waals surface area contributed by atoms with E-state index < -0.39 is 33.6 Å². The van der Waals surface area contributed by atoms with Crippen LogP contribution < -0.4 is 10.8 Å². The van der Waals surface area contributed by atoms with Crippen LogP contribution in [0.5, 0.6) is 0 Å². The van der Waals surface area contributed by atoms with Gasteiger partial charge in [-0.3, -0.25) is 0 Å². The topological polar surface area (TPSA) is 52.0 Å². The van der Waals surface area contributed by atoms with Crippen LogP contribution in [0.4, 0.5) is 26.3 Å². The van der Waals surface area contributed by atoms with E-state index in [0.717, 1.165) is 50.6 Å². The van der Waals surface area contributed by atoms with E-state index in [2.05, 4.69) is 0 Å². The van der Waals surface area contributed by atoms with E-state index in [0.29, 0.717) is 12.8 Å². The third kappa shape index (κ3) is 19.9. The maximum atomic E-state index is 12.0. The molecule has 0 radical (unpaired) electrons. The van der Waals surface area contributed by atoms with E-state index in [1.807, 2.05) is 0 Å². The van der Waals surface area contributed by atoms with Gasteiger partial charge in [-0.25, -0.2) is 0 Å². The van der Waals surface area contributed by atoms with Crippen molar-refractivity contribution in [1.29, 1.82) is 0 Å². The molecule has 0 spiro atoms. The summed E-state index contributed by atoms with van der Waals surface area (Å²) >= 11 is 0. The van der Waals surface area contributed by atoms with E-state index in [9.17, 15) is 26.3 Å². The lowest BCUT2D eigenvalue weighted by Gasteiger charge is -2.21. The van der Waals surface area contributed by atoms with Gasteiger partial charge < -0.3 is 10.8 Å². The lowest BCUT2D eigenvalue weighted by atomic mass is 10.1. The first-order chi connectivity index (χ1) is 11.4. The fourth-order valence-electron chi connectivity index (χ4n) is 2.74. The molecule has 152 valence electrons. The second kappa shape index (κ2) is 12.2. The Hall–Kier alpha value is -0.283. The average molecular weight is 395 g/mol. The molecule has 2 nitrogen and oxygen atoms in total. The van der Waals surface area contributed by atoms with Crippen molar-refractivity contribution in [2.24, 2.45) is 10.8 Å². The number of halogens is 6. The van der Waals surface area contributed by atoms with Crippen LogP contribution in [-0.4, -0.2) is 20.7 Å². The fraction of sp³-hybridized carbons (Fsp3) is 1.00. The highest BCUT2D eigenvalue weighted by atomic mass is 28.3. The van der Waals surface area contributed by atoms with Crippen molar-refractivity contribution in [3.05, 3.63) is 0 Å². The predicted molar refractivity (Wildman–Crippen MR) is 91.3 cm³/mol. The molecule has 25 heavy (non-hydrogen) atoms. The van der Waals surface area contributed by atoms with Crippen LogP contribution in [0.1, 0.15) is 77.0 Å². The molecule has 0 aromatic rings. The zero-order valence-electron chi connectivity index (χ0n) is 14.8. The standard InChI is InChI=1S/C16H32F6N2Si/c17-15(18,19)11-7-3-1-5-9-13-25(23,24)14-10-6-2-4-8-12-16(20,21)22/h1-14,23-24H2. The number of hydrogen-bond acceptors (Lipinski definition) is 2. The first kappa shape index (κ1) is 24.7. The molecule has 4 N–H and O–H groups in total. The minimum atomic E-state index is -4.07. The molecule has 0 saturated carbocycles. The van der Waals surface area contributed by atoms with Crippen LogP contribution in [-0.2, 0) is 0 Å². The lowest BCUT2D eigenvalue weighted by Crippen LogP contribution is -2.55. The Labute approximate surface area is 147 Å².